The van der Waals surface area contributed by atoms with Crippen molar-refractivity contribution in [3.63, 3.8) is 0 Å². The van der Waals surface area contributed by atoms with Crippen LogP contribution in [0.4, 0.5) is 0 Å². The Morgan fingerprint density at radius 3 is 2.49 bits per heavy atom. The first-order valence-electron chi connectivity index (χ1n) is 12.6. The van der Waals surface area contributed by atoms with Crippen molar-refractivity contribution in [3.8, 4) is 5.75 Å². The average Bonchev–Trinajstić information content (AvgIpc) is 3.51. The van der Waals surface area contributed by atoms with Crippen LogP contribution in [0.25, 0.3) is 0 Å². The van der Waals surface area contributed by atoms with Crippen molar-refractivity contribution >= 4 is 5.91 Å². The van der Waals surface area contributed by atoms with Crippen LogP contribution < -0.4 is 4.74 Å². The van der Waals surface area contributed by atoms with Gasteiger partial charge in [0.15, 0.2) is 18.1 Å². The van der Waals surface area contributed by atoms with Crippen LogP contribution in [-0.2, 0) is 13.2 Å². The number of likely N-dealkylation sites (tertiary alicyclic amines) is 2. The zero-order chi connectivity index (χ0) is 24.2. The summed E-state index contributed by atoms with van der Waals surface area (Å²) >= 11 is 0. The fourth-order valence-electron chi connectivity index (χ4n) is 4.85. The summed E-state index contributed by atoms with van der Waals surface area (Å²) in [5.74, 6) is 2.75. The fraction of sp³-hybridized carbons (Fsp3) is 0.538. The van der Waals surface area contributed by atoms with Gasteiger partial charge in [-0.2, -0.15) is 4.98 Å². The molecule has 0 bridgehead atoms. The van der Waals surface area contributed by atoms with E-state index in [-0.39, 0.29) is 18.4 Å². The Morgan fingerprint density at radius 1 is 1.00 bits per heavy atom. The summed E-state index contributed by atoms with van der Waals surface area (Å²) in [6.45, 7) is 8.27. The topological polar surface area (TPSA) is 97.7 Å². The predicted octanol–water partition coefficient (Wildman–Crippen LogP) is 4.26. The molecule has 9 heteroatoms. The highest BCUT2D eigenvalue weighted by molar-refractivity contribution is 5.93. The van der Waals surface area contributed by atoms with E-state index in [1.165, 1.54) is 24.8 Å². The van der Waals surface area contributed by atoms with Crippen LogP contribution >= 0.6 is 0 Å². The number of piperidine rings is 2. The Bertz CT molecular complexity index is 1130. The van der Waals surface area contributed by atoms with Crippen LogP contribution in [-0.4, -0.2) is 57.2 Å². The summed E-state index contributed by atoms with van der Waals surface area (Å²) in [6, 6.07) is 7.85. The van der Waals surface area contributed by atoms with Gasteiger partial charge in [-0.15, -0.1) is 0 Å². The van der Waals surface area contributed by atoms with Gasteiger partial charge in [-0.3, -0.25) is 9.69 Å². The van der Waals surface area contributed by atoms with Gasteiger partial charge in [0.2, 0.25) is 0 Å². The molecule has 9 nitrogen and oxygen atoms in total. The first-order chi connectivity index (χ1) is 17.1. The molecule has 35 heavy (non-hydrogen) atoms. The SMILES string of the molecule is Cc1ccc(OCc2nc(C3CCN(C(=O)c4noc(C)c4CN4CCCCC4)CC3)no2)cc1. The van der Waals surface area contributed by atoms with Crippen LogP contribution in [0.2, 0.25) is 0 Å². The number of aromatic nitrogens is 3. The summed E-state index contributed by atoms with van der Waals surface area (Å²) in [4.78, 5) is 22.1. The number of amides is 1. The maximum absolute atomic E-state index is 13.3. The number of nitrogens with zero attached hydrogens (tertiary/aromatic N) is 5. The number of hydrogen-bond donors (Lipinski definition) is 0. The number of aryl methyl sites for hydroxylation is 2. The van der Waals surface area contributed by atoms with Crippen LogP contribution in [0, 0.1) is 13.8 Å². The first kappa shape index (κ1) is 23.5. The normalized spacial score (nSPS) is 17.6. The van der Waals surface area contributed by atoms with E-state index < -0.39 is 0 Å². The Balaban J connectivity index is 1.15. The number of benzene rings is 1. The largest absolute Gasteiger partial charge is 0.484 e. The molecule has 0 atom stereocenters. The Morgan fingerprint density at radius 2 is 1.74 bits per heavy atom. The van der Waals surface area contributed by atoms with Crippen LogP contribution in [0.1, 0.15) is 77.1 Å². The molecular weight excluding hydrogens is 446 g/mol. The number of hydrogen-bond acceptors (Lipinski definition) is 8. The summed E-state index contributed by atoms with van der Waals surface area (Å²) in [7, 11) is 0. The lowest BCUT2D eigenvalue weighted by Crippen LogP contribution is -2.39. The molecule has 0 aliphatic carbocycles. The third-order valence-corrected chi connectivity index (χ3v) is 7.03. The number of ether oxygens (including phenoxy) is 1. The molecule has 1 amide bonds. The first-order valence-corrected chi connectivity index (χ1v) is 12.6. The van der Waals surface area contributed by atoms with Crippen LogP contribution in [0.5, 0.6) is 5.75 Å². The highest BCUT2D eigenvalue weighted by Gasteiger charge is 2.31. The fourth-order valence-corrected chi connectivity index (χ4v) is 4.85. The monoisotopic (exact) mass is 479 g/mol. The molecule has 2 saturated heterocycles. The number of rotatable bonds is 7. The third-order valence-electron chi connectivity index (χ3n) is 7.03. The number of carbonyl (C=O) groups excluding carboxylic acids is 1. The lowest BCUT2D eigenvalue weighted by Gasteiger charge is -2.30. The molecule has 186 valence electrons. The van der Waals surface area contributed by atoms with Crippen molar-refractivity contribution in [2.24, 2.45) is 0 Å². The lowest BCUT2D eigenvalue weighted by atomic mass is 9.95. The van der Waals surface area contributed by atoms with Gasteiger partial charge in [-0.05, 0) is 64.8 Å². The molecule has 1 aromatic carbocycles. The van der Waals surface area contributed by atoms with E-state index in [4.69, 9.17) is 13.8 Å². The van der Waals surface area contributed by atoms with E-state index in [9.17, 15) is 4.79 Å². The number of carbonyl (C=O) groups is 1. The van der Waals surface area contributed by atoms with Gasteiger partial charge in [0.25, 0.3) is 11.8 Å². The van der Waals surface area contributed by atoms with Crippen molar-refractivity contribution in [2.45, 2.75) is 65.0 Å². The molecule has 3 aromatic rings. The van der Waals surface area contributed by atoms with E-state index in [0.29, 0.717) is 30.5 Å². The van der Waals surface area contributed by atoms with Gasteiger partial charge in [-0.1, -0.05) is 34.4 Å². The molecule has 0 N–H and O–H groups in total. The smallest absolute Gasteiger partial charge is 0.276 e. The Labute approximate surface area is 205 Å². The highest BCUT2D eigenvalue weighted by Crippen LogP contribution is 2.28. The summed E-state index contributed by atoms with van der Waals surface area (Å²) in [5.41, 5.74) is 2.57. The molecule has 0 unspecified atom stereocenters. The van der Waals surface area contributed by atoms with Crippen molar-refractivity contribution in [3.05, 3.63) is 58.6 Å². The zero-order valence-corrected chi connectivity index (χ0v) is 20.5. The van der Waals surface area contributed by atoms with Crippen molar-refractivity contribution in [1.82, 2.24) is 25.1 Å². The van der Waals surface area contributed by atoms with Gasteiger partial charge in [0, 0.05) is 31.1 Å². The van der Waals surface area contributed by atoms with Gasteiger partial charge in [0.05, 0.1) is 0 Å². The van der Waals surface area contributed by atoms with E-state index in [1.807, 2.05) is 43.0 Å². The summed E-state index contributed by atoms with van der Waals surface area (Å²) in [6.07, 6.45) is 5.25. The minimum atomic E-state index is -0.0485. The molecule has 2 aromatic heterocycles. The van der Waals surface area contributed by atoms with E-state index >= 15 is 0 Å². The van der Waals surface area contributed by atoms with Crippen molar-refractivity contribution in [1.29, 1.82) is 0 Å². The second-order valence-corrected chi connectivity index (χ2v) is 9.62. The molecule has 5 rings (SSSR count). The quantitative estimate of drug-likeness (QED) is 0.496. The third kappa shape index (κ3) is 5.56. The molecular formula is C26H33N5O4. The standard InChI is InChI=1S/C26H33N5O4/c1-18-6-8-21(9-7-18)33-17-23-27-25(29-35-23)20-10-14-31(15-11-20)26(32)24-22(19(2)34-28-24)16-30-12-4-3-5-13-30/h6-9,20H,3-5,10-17H2,1-2H3. The summed E-state index contributed by atoms with van der Waals surface area (Å²) < 4.78 is 16.6. The van der Waals surface area contributed by atoms with Gasteiger partial charge in [0.1, 0.15) is 11.5 Å². The minimum absolute atomic E-state index is 0.0485. The van der Waals surface area contributed by atoms with Crippen LogP contribution in [0.15, 0.2) is 33.3 Å². The zero-order valence-electron chi connectivity index (χ0n) is 20.5. The second kappa shape index (κ2) is 10.6. The van der Waals surface area contributed by atoms with E-state index in [2.05, 4.69) is 20.2 Å². The minimum Gasteiger partial charge on any atom is -0.484 e. The van der Waals surface area contributed by atoms with Gasteiger partial charge >= 0.3 is 0 Å². The molecule has 2 aliphatic heterocycles. The maximum atomic E-state index is 13.3. The Hall–Kier alpha value is -3.20. The van der Waals surface area contributed by atoms with E-state index in [0.717, 1.165) is 49.5 Å². The summed E-state index contributed by atoms with van der Waals surface area (Å²) in [5, 5.41) is 8.31. The molecule has 0 radical (unpaired) electrons. The second-order valence-electron chi connectivity index (χ2n) is 9.62. The average molecular weight is 480 g/mol. The Kier molecular flexibility index (Phi) is 7.13. The molecule has 2 aliphatic rings. The molecule has 4 heterocycles. The molecule has 2 fully saturated rings. The maximum Gasteiger partial charge on any atom is 0.276 e. The predicted molar refractivity (Wildman–Crippen MR) is 128 cm³/mol. The van der Waals surface area contributed by atoms with Crippen molar-refractivity contribution < 1.29 is 18.6 Å². The van der Waals surface area contributed by atoms with Crippen molar-refractivity contribution in [2.75, 3.05) is 26.2 Å². The van der Waals surface area contributed by atoms with Gasteiger partial charge in [-0.25, -0.2) is 0 Å². The van der Waals surface area contributed by atoms with Gasteiger partial charge < -0.3 is 18.7 Å². The molecule has 0 spiro atoms. The highest BCUT2D eigenvalue weighted by atomic mass is 16.5. The van der Waals surface area contributed by atoms with Crippen LogP contribution in [0.3, 0.4) is 0 Å². The van der Waals surface area contributed by atoms with E-state index in [1.54, 1.807) is 0 Å². The molecule has 0 saturated carbocycles. The lowest BCUT2D eigenvalue weighted by molar-refractivity contribution is 0.0697.